The Bertz CT molecular complexity index is 1020. The fourth-order valence-electron chi connectivity index (χ4n) is 4.83. The summed E-state index contributed by atoms with van der Waals surface area (Å²) in [6.07, 6.45) is 1.71. The van der Waals surface area contributed by atoms with Crippen molar-refractivity contribution in [3.05, 3.63) is 53.9 Å². The van der Waals surface area contributed by atoms with Crippen LogP contribution in [0.25, 0.3) is 11.0 Å². The minimum Gasteiger partial charge on any atom is -0.497 e. The Morgan fingerprint density at radius 2 is 1.96 bits per heavy atom. The first-order valence-corrected chi connectivity index (χ1v) is 9.57. The number of amides is 1. The zero-order valence-electron chi connectivity index (χ0n) is 16.0. The van der Waals surface area contributed by atoms with Crippen molar-refractivity contribution < 1.29 is 9.53 Å². The van der Waals surface area contributed by atoms with Gasteiger partial charge in [-0.1, -0.05) is 12.1 Å². The summed E-state index contributed by atoms with van der Waals surface area (Å²) in [4.78, 5) is 21.9. The number of rotatable bonds is 3. The molecule has 0 radical (unpaired) electrons. The second-order valence-electron chi connectivity index (χ2n) is 7.80. The molecule has 3 atom stereocenters. The van der Waals surface area contributed by atoms with Crippen molar-refractivity contribution in [2.45, 2.75) is 6.04 Å². The molecule has 1 aromatic carbocycles. The maximum atomic E-state index is 13.1. The third-order valence-corrected chi connectivity index (χ3v) is 6.16. The number of carbonyl (C=O) groups is 1. The molecule has 0 spiro atoms. The van der Waals surface area contributed by atoms with Crippen LogP contribution in [0.15, 0.2) is 42.6 Å². The highest BCUT2D eigenvalue weighted by Crippen LogP contribution is 2.44. The van der Waals surface area contributed by atoms with Crippen LogP contribution in [0.1, 0.15) is 22.1 Å². The van der Waals surface area contributed by atoms with E-state index in [2.05, 4.69) is 39.3 Å². The van der Waals surface area contributed by atoms with Gasteiger partial charge in [0.25, 0.3) is 5.91 Å². The Morgan fingerprint density at radius 3 is 2.75 bits per heavy atom. The van der Waals surface area contributed by atoms with Crippen LogP contribution in [-0.4, -0.2) is 64.7 Å². The van der Waals surface area contributed by atoms with Gasteiger partial charge in [0.1, 0.15) is 11.4 Å². The van der Waals surface area contributed by atoms with E-state index in [4.69, 9.17) is 4.74 Å². The minimum atomic E-state index is 0.00188. The van der Waals surface area contributed by atoms with Crippen LogP contribution in [0.2, 0.25) is 0 Å². The van der Waals surface area contributed by atoms with Gasteiger partial charge in [-0.15, -0.1) is 0 Å². The van der Waals surface area contributed by atoms with Gasteiger partial charge in [-0.3, -0.25) is 14.8 Å². The van der Waals surface area contributed by atoms with Crippen molar-refractivity contribution in [3.8, 4) is 5.75 Å². The Labute approximate surface area is 163 Å². The molecule has 1 amide bonds. The largest absolute Gasteiger partial charge is 0.497 e. The molecule has 2 aromatic heterocycles. The number of nitrogens with one attached hydrogen (secondary N) is 1. The number of benzene rings is 1. The summed E-state index contributed by atoms with van der Waals surface area (Å²) in [6.45, 7) is 2.54. The molecular weight excluding hydrogens is 354 g/mol. The van der Waals surface area contributed by atoms with Crippen molar-refractivity contribution in [3.63, 3.8) is 0 Å². The standard InChI is InChI=1S/C21H23N5O2/c1-25-10-15-11-26(21(27)18-8-5-14-9-22-24-20(14)23-18)12-17(15)19(25)13-3-6-16(28-2)7-4-13/h3-9,15,17,19H,10-12H2,1-2H3,(H,22,23,24)/t15-,17+,19+/m0/s1. The van der Waals surface area contributed by atoms with E-state index in [1.807, 2.05) is 23.1 Å². The van der Waals surface area contributed by atoms with Gasteiger partial charge in [0.2, 0.25) is 0 Å². The van der Waals surface area contributed by atoms with Crippen LogP contribution in [-0.2, 0) is 0 Å². The predicted molar refractivity (Wildman–Crippen MR) is 105 cm³/mol. The Kier molecular flexibility index (Phi) is 4.05. The lowest BCUT2D eigenvalue weighted by Gasteiger charge is -2.27. The van der Waals surface area contributed by atoms with Crippen LogP contribution in [0.5, 0.6) is 5.75 Å². The number of hydrogen-bond donors (Lipinski definition) is 1. The molecule has 7 nitrogen and oxygen atoms in total. The molecule has 7 heteroatoms. The van der Waals surface area contributed by atoms with Gasteiger partial charge in [0.15, 0.2) is 5.65 Å². The zero-order valence-corrected chi connectivity index (χ0v) is 16.0. The first kappa shape index (κ1) is 17.2. The van der Waals surface area contributed by atoms with Gasteiger partial charge < -0.3 is 9.64 Å². The summed E-state index contributed by atoms with van der Waals surface area (Å²) >= 11 is 0. The lowest BCUT2D eigenvalue weighted by molar-refractivity contribution is 0.0762. The summed E-state index contributed by atoms with van der Waals surface area (Å²) in [5, 5.41) is 7.74. The SMILES string of the molecule is COc1ccc([C@@H]2[C@@H]3CN(C(=O)c4ccc5cn[nH]c5n4)C[C@@H]3CN2C)cc1. The number of ether oxygens (including phenoxy) is 1. The monoisotopic (exact) mass is 377 g/mol. The van der Waals surface area contributed by atoms with E-state index in [-0.39, 0.29) is 5.91 Å². The van der Waals surface area contributed by atoms with Gasteiger partial charge in [-0.25, -0.2) is 4.98 Å². The molecule has 1 N–H and O–H groups in total. The Hall–Kier alpha value is -2.93. The van der Waals surface area contributed by atoms with Gasteiger partial charge in [0.05, 0.1) is 13.3 Å². The van der Waals surface area contributed by atoms with E-state index < -0.39 is 0 Å². The molecule has 2 aliphatic rings. The van der Waals surface area contributed by atoms with Crippen LogP contribution >= 0.6 is 0 Å². The molecule has 0 unspecified atom stereocenters. The number of aromatic amines is 1. The summed E-state index contributed by atoms with van der Waals surface area (Å²) in [6, 6.07) is 12.3. The van der Waals surface area contributed by atoms with Crippen molar-refractivity contribution in [2.24, 2.45) is 11.8 Å². The number of fused-ring (bicyclic) bond motifs is 2. The number of hydrogen-bond acceptors (Lipinski definition) is 5. The second-order valence-corrected chi connectivity index (χ2v) is 7.80. The quantitative estimate of drug-likeness (QED) is 0.758. The highest BCUT2D eigenvalue weighted by Gasteiger charge is 2.47. The Morgan fingerprint density at radius 1 is 1.14 bits per heavy atom. The summed E-state index contributed by atoms with van der Waals surface area (Å²) in [5.41, 5.74) is 2.41. The summed E-state index contributed by atoms with van der Waals surface area (Å²) in [7, 11) is 3.86. The molecule has 5 rings (SSSR count). The molecule has 0 saturated carbocycles. The molecule has 2 saturated heterocycles. The van der Waals surface area contributed by atoms with Gasteiger partial charge in [0, 0.05) is 37.0 Å². The lowest BCUT2D eigenvalue weighted by Crippen LogP contribution is -2.33. The molecule has 4 heterocycles. The first-order valence-electron chi connectivity index (χ1n) is 9.57. The van der Waals surface area contributed by atoms with E-state index >= 15 is 0 Å². The third-order valence-electron chi connectivity index (χ3n) is 6.16. The van der Waals surface area contributed by atoms with E-state index in [0.717, 1.165) is 30.8 Å². The number of carbonyl (C=O) groups excluding carboxylic acids is 1. The predicted octanol–water partition coefficient (Wildman–Crippen LogP) is 2.34. The highest BCUT2D eigenvalue weighted by atomic mass is 16.5. The molecular formula is C21H23N5O2. The number of pyridine rings is 1. The molecule has 2 aliphatic heterocycles. The van der Waals surface area contributed by atoms with Crippen LogP contribution in [0.4, 0.5) is 0 Å². The maximum absolute atomic E-state index is 13.1. The number of H-pyrrole nitrogens is 1. The van der Waals surface area contributed by atoms with E-state index in [9.17, 15) is 4.79 Å². The highest BCUT2D eigenvalue weighted by molar-refractivity contribution is 5.94. The zero-order chi connectivity index (χ0) is 19.3. The van der Waals surface area contributed by atoms with Gasteiger partial charge in [-0.05, 0) is 42.8 Å². The third kappa shape index (κ3) is 2.74. The van der Waals surface area contributed by atoms with Gasteiger partial charge in [-0.2, -0.15) is 5.10 Å². The van der Waals surface area contributed by atoms with Gasteiger partial charge >= 0.3 is 0 Å². The fourth-order valence-corrected chi connectivity index (χ4v) is 4.83. The van der Waals surface area contributed by atoms with Crippen molar-refractivity contribution in [1.82, 2.24) is 25.0 Å². The molecule has 2 fully saturated rings. The van der Waals surface area contributed by atoms with Crippen LogP contribution < -0.4 is 4.74 Å². The van der Waals surface area contributed by atoms with E-state index in [0.29, 0.717) is 29.2 Å². The van der Waals surface area contributed by atoms with Crippen molar-refractivity contribution in [1.29, 1.82) is 0 Å². The summed E-state index contributed by atoms with van der Waals surface area (Å²) in [5.74, 6) is 1.78. The topological polar surface area (TPSA) is 74.3 Å². The van der Waals surface area contributed by atoms with Crippen LogP contribution in [0.3, 0.4) is 0 Å². The lowest BCUT2D eigenvalue weighted by atomic mass is 9.89. The van der Waals surface area contributed by atoms with E-state index in [1.165, 1.54) is 5.56 Å². The molecule has 144 valence electrons. The van der Waals surface area contributed by atoms with Crippen molar-refractivity contribution in [2.75, 3.05) is 33.8 Å². The minimum absolute atomic E-state index is 0.00188. The average Bonchev–Trinajstić information content (AvgIpc) is 3.41. The van der Waals surface area contributed by atoms with Crippen molar-refractivity contribution >= 4 is 16.9 Å². The number of likely N-dealkylation sites (tertiary alicyclic amines) is 2. The normalized spacial score (nSPS) is 24.6. The Balaban J connectivity index is 1.37. The average molecular weight is 377 g/mol. The van der Waals surface area contributed by atoms with E-state index in [1.54, 1.807) is 19.4 Å². The molecule has 28 heavy (non-hydrogen) atoms. The molecule has 3 aromatic rings. The molecule has 0 aliphatic carbocycles. The maximum Gasteiger partial charge on any atom is 0.272 e. The number of aromatic nitrogens is 3. The number of nitrogens with zero attached hydrogens (tertiary/aromatic N) is 4. The molecule has 0 bridgehead atoms. The smallest absolute Gasteiger partial charge is 0.272 e. The first-order chi connectivity index (χ1) is 13.6. The summed E-state index contributed by atoms with van der Waals surface area (Å²) < 4.78 is 5.29. The fraction of sp³-hybridized carbons (Fsp3) is 0.381. The van der Waals surface area contributed by atoms with Crippen LogP contribution in [0, 0.1) is 11.8 Å². The second kappa shape index (κ2) is 6.60. The number of methoxy groups -OCH3 is 1.